The first kappa shape index (κ1) is 10.7. The second kappa shape index (κ2) is 3.81. The Labute approximate surface area is 80.9 Å². The largest absolute Gasteiger partial charge is 0.347 e. The minimum absolute atomic E-state index is 0.162. The van der Waals surface area contributed by atoms with E-state index in [-0.39, 0.29) is 11.9 Å². The first-order valence-corrected chi connectivity index (χ1v) is 4.94. The van der Waals surface area contributed by atoms with Crippen LogP contribution >= 0.6 is 0 Å². The molecule has 1 heterocycles. The standard InChI is InChI=1S/C11H20O2/c1-6-11(5)12-7-10(13-11)9(4)8(2)3/h10H,6-7H2,1-5H3. The van der Waals surface area contributed by atoms with E-state index < -0.39 is 0 Å². The summed E-state index contributed by atoms with van der Waals surface area (Å²) in [6.45, 7) is 11.1. The van der Waals surface area contributed by atoms with E-state index in [1.54, 1.807) is 0 Å². The zero-order chi connectivity index (χ0) is 10.1. The van der Waals surface area contributed by atoms with Crippen molar-refractivity contribution in [1.82, 2.24) is 0 Å². The Balaban J connectivity index is 2.65. The van der Waals surface area contributed by atoms with E-state index in [0.29, 0.717) is 6.61 Å². The van der Waals surface area contributed by atoms with Crippen molar-refractivity contribution in [2.24, 2.45) is 0 Å². The molecule has 0 radical (unpaired) electrons. The van der Waals surface area contributed by atoms with Crippen LogP contribution < -0.4 is 0 Å². The molecule has 0 aromatic carbocycles. The third-order valence-electron chi connectivity index (χ3n) is 2.85. The van der Waals surface area contributed by atoms with Crippen molar-refractivity contribution in [2.45, 2.75) is 52.9 Å². The van der Waals surface area contributed by atoms with E-state index >= 15 is 0 Å². The second-order valence-electron chi connectivity index (χ2n) is 4.09. The maximum Gasteiger partial charge on any atom is 0.166 e. The topological polar surface area (TPSA) is 18.5 Å². The van der Waals surface area contributed by atoms with Gasteiger partial charge in [-0.05, 0) is 39.7 Å². The van der Waals surface area contributed by atoms with Crippen LogP contribution in [0.1, 0.15) is 41.0 Å². The van der Waals surface area contributed by atoms with Gasteiger partial charge in [0.2, 0.25) is 0 Å². The summed E-state index contributed by atoms with van der Waals surface area (Å²) < 4.78 is 11.5. The number of hydrogen-bond acceptors (Lipinski definition) is 2. The van der Waals surface area contributed by atoms with Gasteiger partial charge in [-0.15, -0.1) is 0 Å². The molecule has 0 aromatic heterocycles. The average molecular weight is 184 g/mol. The van der Waals surface area contributed by atoms with Crippen LogP contribution in [0.25, 0.3) is 0 Å². The maximum atomic E-state index is 5.84. The third-order valence-corrected chi connectivity index (χ3v) is 2.85. The van der Waals surface area contributed by atoms with Gasteiger partial charge in [0.05, 0.1) is 6.61 Å². The molecule has 0 saturated carbocycles. The molecule has 2 nitrogen and oxygen atoms in total. The van der Waals surface area contributed by atoms with E-state index in [2.05, 4.69) is 27.7 Å². The van der Waals surface area contributed by atoms with E-state index in [4.69, 9.17) is 9.47 Å². The Kier molecular flexibility index (Phi) is 3.14. The monoisotopic (exact) mass is 184 g/mol. The van der Waals surface area contributed by atoms with Gasteiger partial charge in [0.15, 0.2) is 5.79 Å². The third kappa shape index (κ3) is 2.32. The van der Waals surface area contributed by atoms with Crippen molar-refractivity contribution < 1.29 is 9.47 Å². The molecule has 2 heteroatoms. The van der Waals surface area contributed by atoms with E-state index in [9.17, 15) is 0 Å². The molecule has 0 aliphatic carbocycles. The summed E-state index contributed by atoms with van der Waals surface area (Å²) in [6, 6.07) is 0. The van der Waals surface area contributed by atoms with Crippen LogP contribution in [0.4, 0.5) is 0 Å². The summed E-state index contributed by atoms with van der Waals surface area (Å²) in [4.78, 5) is 0. The molecule has 1 saturated heterocycles. The van der Waals surface area contributed by atoms with Gasteiger partial charge in [-0.3, -0.25) is 0 Å². The molecule has 1 aliphatic heterocycles. The minimum Gasteiger partial charge on any atom is -0.347 e. The van der Waals surface area contributed by atoms with Crippen molar-refractivity contribution in [3.8, 4) is 0 Å². The minimum atomic E-state index is -0.360. The molecule has 2 unspecified atom stereocenters. The van der Waals surface area contributed by atoms with Gasteiger partial charge in [-0.25, -0.2) is 0 Å². The summed E-state index contributed by atoms with van der Waals surface area (Å²) in [6.07, 6.45) is 1.06. The molecule has 13 heavy (non-hydrogen) atoms. The lowest BCUT2D eigenvalue weighted by atomic mass is 10.1. The summed E-state index contributed by atoms with van der Waals surface area (Å²) in [7, 11) is 0. The molecule has 0 bridgehead atoms. The lowest BCUT2D eigenvalue weighted by Gasteiger charge is -2.21. The Morgan fingerprint density at radius 2 is 2.00 bits per heavy atom. The van der Waals surface area contributed by atoms with Crippen LogP contribution in [0.2, 0.25) is 0 Å². The lowest BCUT2D eigenvalue weighted by Crippen LogP contribution is -2.25. The predicted octanol–water partition coefficient (Wildman–Crippen LogP) is 2.88. The predicted molar refractivity (Wildman–Crippen MR) is 53.6 cm³/mol. The van der Waals surface area contributed by atoms with Crippen molar-refractivity contribution >= 4 is 0 Å². The van der Waals surface area contributed by atoms with Crippen LogP contribution in [-0.2, 0) is 9.47 Å². The highest BCUT2D eigenvalue weighted by molar-refractivity contribution is 5.13. The molecule has 0 N–H and O–H groups in total. The van der Waals surface area contributed by atoms with Gasteiger partial charge in [0.1, 0.15) is 6.10 Å². The van der Waals surface area contributed by atoms with Crippen LogP contribution in [0.5, 0.6) is 0 Å². The van der Waals surface area contributed by atoms with Gasteiger partial charge >= 0.3 is 0 Å². The van der Waals surface area contributed by atoms with Crippen LogP contribution in [0.3, 0.4) is 0 Å². The van der Waals surface area contributed by atoms with Gasteiger partial charge in [0, 0.05) is 0 Å². The number of hydrogen-bond donors (Lipinski definition) is 0. The van der Waals surface area contributed by atoms with Crippen molar-refractivity contribution in [3.63, 3.8) is 0 Å². The van der Waals surface area contributed by atoms with Crippen LogP contribution in [0.15, 0.2) is 11.1 Å². The highest BCUT2D eigenvalue weighted by atomic mass is 16.7. The second-order valence-corrected chi connectivity index (χ2v) is 4.09. The van der Waals surface area contributed by atoms with Gasteiger partial charge < -0.3 is 9.47 Å². The maximum absolute atomic E-state index is 5.84. The summed E-state index contributed by atoms with van der Waals surface area (Å²) in [5.74, 6) is -0.360. The molecule has 2 atom stereocenters. The smallest absolute Gasteiger partial charge is 0.166 e. The molecule has 1 fully saturated rings. The lowest BCUT2D eigenvalue weighted by molar-refractivity contribution is -0.151. The molecule has 0 aromatic rings. The SMILES string of the molecule is CCC1(C)OCC(C(C)=C(C)C)O1. The molecule has 1 rings (SSSR count). The number of allylic oxidation sites excluding steroid dienone is 1. The van der Waals surface area contributed by atoms with Crippen LogP contribution in [-0.4, -0.2) is 18.5 Å². The molecule has 1 aliphatic rings. The van der Waals surface area contributed by atoms with E-state index in [1.807, 2.05) is 6.92 Å². The Morgan fingerprint density at radius 3 is 2.38 bits per heavy atom. The Bertz CT molecular complexity index is 216. The van der Waals surface area contributed by atoms with E-state index in [0.717, 1.165) is 6.42 Å². The highest BCUT2D eigenvalue weighted by Crippen LogP contribution is 2.30. The molecular weight excluding hydrogens is 164 g/mol. The first-order chi connectivity index (χ1) is 5.98. The molecular formula is C11H20O2. The van der Waals surface area contributed by atoms with Crippen molar-refractivity contribution in [1.29, 1.82) is 0 Å². The fourth-order valence-electron chi connectivity index (χ4n) is 1.34. The van der Waals surface area contributed by atoms with Crippen molar-refractivity contribution in [3.05, 3.63) is 11.1 Å². The summed E-state index contributed by atoms with van der Waals surface area (Å²) >= 11 is 0. The number of rotatable bonds is 2. The van der Waals surface area contributed by atoms with Crippen molar-refractivity contribution in [2.75, 3.05) is 6.61 Å². The van der Waals surface area contributed by atoms with Gasteiger partial charge in [-0.1, -0.05) is 12.5 Å². The average Bonchev–Trinajstić information content (AvgIpc) is 2.47. The van der Waals surface area contributed by atoms with Gasteiger partial charge in [-0.2, -0.15) is 0 Å². The number of ether oxygens (including phenoxy) is 2. The first-order valence-electron chi connectivity index (χ1n) is 4.94. The summed E-state index contributed by atoms with van der Waals surface area (Å²) in [5, 5.41) is 0. The van der Waals surface area contributed by atoms with Gasteiger partial charge in [0.25, 0.3) is 0 Å². The fraction of sp³-hybridized carbons (Fsp3) is 0.818. The van der Waals surface area contributed by atoms with E-state index in [1.165, 1.54) is 11.1 Å². The Morgan fingerprint density at radius 1 is 1.38 bits per heavy atom. The fourth-order valence-corrected chi connectivity index (χ4v) is 1.34. The zero-order valence-corrected chi connectivity index (χ0v) is 9.31. The van der Waals surface area contributed by atoms with Crippen LogP contribution in [0, 0.1) is 0 Å². The Hall–Kier alpha value is -0.340. The molecule has 76 valence electrons. The zero-order valence-electron chi connectivity index (χ0n) is 9.31. The highest BCUT2D eigenvalue weighted by Gasteiger charge is 2.36. The normalized spacial score (nSPS) is 33.5. The summed E-state index contributed by atoms with van der Waals surface area (Å²) in [5.41, 5.74) is 2.63. The molecule has 0 spiro atoms. The molecule has 0 amide bonds. The quantitative estimate of drug-likeness (QED) is 0.614.